The maximum absolute atomic E-state index is 10.8. The normalized spacial score (nSPS) is 24.1. The van der Waals surface area contributed by atoms with Crippen LogP contribution < -0.4 is 4.74 Å². The predicted molar refractivity (Wildman–Crippen MR) is 95.8 cm³/mol. The van der Waals surface area contributed by atoms with Crippen molar-refractivity contribution < 1.29 is 14.6 Å². The van der Waals surface area contributed by atoms with E-state index in [-0.39, 0.29) is 6.61 Å². The molecule has 1 saturated carbocycles. The van der Waals surface area contributed by atoms with E-state index in [9.17, 15) is 4.79 Å². The van der Waals surface area contributed by atoms with E-state index in [1.165, 1.54) is 68.9 Å². The van der Waals surface area contributed by atoms with Crippen LogP contribution in [0.5, 0.6) is 5.75 Å². The zero-order valence-corrected chi connectivity index (χ0v) is 14.8. The zero-order valence-electron chi connectivity index (χ0n) is 14.8. The van der Waals surface area contributed by atoms with Gasteiger partial charge in [0.05, 0.1) is 0 Å². The highest BCUT2D eigenvalue weighted by Gasteiger charge is 2.47. The first-order valence-corrected chi connectivity index (χ1v) is 9.69. The zero-order chi connectivity index (χ0) is 16.9. The molecular weight excluding hydrogens is 300 g/mol. The first-order valence-electron chi connectivity index (χ1n) is 9.69. The van der Waals surface area contributed by atoms with E-state index < -0.39 is 5.97 Å². The summed E-state index contributed by atoms with van der Waals surface area (Å²) in [6.07, 6.45) is 12.1. The third kappa shape index (κ3) is 3.60. The second-order valence-corrected chi connectivity index (χ2v) is 7.47. The Balaban J connectivity index is 1.54. The molecule has 1 fully saturated rings. The average molecular weight is 330 g/mol. The van der Waals surface area contributed by atoms with E-state index in [2.05, 4.69) is 13.0 Å². The smallest absolute Gasteiger partial charge is 0.341 e. The number of benzene rings is 1. The van der Waals surface area contributed by atoms with Crippen molar-refractivity contribution in [1.29, 1.82) is 0 Å². The molecule has 3 heteroatoms. The van der Waals surface area contributed by atoms with Gasteiger partial charge in [0.2, 0.25) is 0 Å². The minimum atomic E-state index is -0.907. The third-order valence-electron chi connectivity index (χ3n) is 5.90. The van der Waals surface area contributed by atoms with Crippen molar-refractivity contribution >= 4 is 5.97 Å². The highest BCUT2D eigenvalue weighted by atomic mass is 16.5. The second kappa shape index (κ2) is 8.04. The van der Waals surface area contributed by atoms with Crippen LogP contribution in [0.25, 0.3) is 0 Å². The lowest BCUT2D eigenvalue weighted by atomic mass is 9.66. The van der Waals surface area contributed by atoms with Crippen LogP contribution in [0.1, 0.15) is 87.7 Å². The van der Waals surface area contributed by atoms with Gasteiger partial charge in [-0.3, -0.25) is 0 Å². The molecule has 0 aliphatic heterocycles. The molecule has 2 aliphatic rings. The van der Waals surface area contributed by atoms with Crippen LogP contribution in [0, 0.1) is 5.92 Å². The van der Waals surface area contributed by atoms with Crippen LogP contribution in [-0.4, -0.2) is 17.7 Å². The molecule has 1 aromatic rings. The summed E-state index contributed by atoms with van der Waals surface area (Å²) in [6.45, 7) is 2.02. The Bertz CT molecular complexity index is 566. The fourth-order valence-electron chi connectivity index (χ4n) is 4.80. The van der Waals surface area contributed by atoms with Crippen molar-refractivity contribution in [3.63, 3.8) is 0 Å². The molecule has 3 unspecified atom stereocenters. The van der Waals surface area contributed by atoms with Crippen molar-refractivity contribution in [2.75, 3.05) is 6.61 Å². The molecule has 3 atom stereocenters. The van der Waals surface area contributed by atoms with Crippen molar-refractivity contribution in [3.8, 4) is 5.75 Å². The standard InChI is InChI=1S/C21H30O3/c1-2-3-4-5-6-7-9-15-12-13-17-20(15)16-10-8-11-18(21(16)17)24-14-19(22)23/h8,10-11,15,17,20H,2-7,9,12-14H2,1H3,(H,22,23). The van der Waals surface area contributed by atoms with Crippen LogP contribution in [0.3, 0.4) is 0 Å². The van der Waals surface area contributed by atoms with Crippen molar-refractivity contribution in [2.45, 2.75) is 76.5 Å². The Labute approximate surface area is 145 Å². The molecule has 3 nitrogen and oxygen atoms in total. The first kappa shape index (κ1) is 17.3. The van der Waals surface area contributed by atoms with Crippen LogP contribution in [-0.2, 0) is 4.79 Å². The van der Waals surface area contributed by atoms with E-state index >= 15 is 0 Å². The summed E-state index contributed by atoms with van der Waals surface area (Å²) in [6, 6.07) is 6.18. The molecule has 0 heterocycles. The Morgan fingerprint density at radius 2 is 1.96 bits per heavy atom. The molecule has 0 bridgehead atoms. The summed E-state index contributed by atoms with van der Waals surface area (Å²) >= 11 is 0. The van der Waals surface area contributed by atoms with Gasteiger partial charge in [-0.1, -0.05) is 57.6 Å². The number of rotatable bonds is 10. The molecule has 0 aromatic heterocycles. The van der Waals surface area contributed by atoms with Gasteiger partial charge in [0.1, 0.15) is 5.75 Å². The third-order valence-corrected chi connectivity index (χ3v) is 5.90. The SMILES string of the molecule is CCCCCCCCC1CCC2c3c(OCC(=O)O)cccc3C12. The molecule has 24 heavy (non-hydrogen) atoms. The Morgan fingerprint density at radius 1 is 1.17 bits per heavy atom. The minimum absolute atomic E-state index is 0.241. The number of carboxylic acids is 1. The molecule has 0 spiro atoms. The Morgan fingerprint density at radius 3 is 2.75 bits per heavy atom. The number of ether oxygens (including phenoxy) is 1. The summed E-state index contributed by atoms with van der Waals surface area (Å²) in [5, 5.41) is 8.83. The van der Waals surface area contributed by atoms with E-state index in [4.69, 9.17) is 9.84 Å². The van der Waals surface area contributed by atoms with Gasteiger partial charge in [0.15, 0.2) is 6.61 Å². The maximum atomic E-state index is 10.8. The number of fused-ring (bicyclic) bond motifs is 4. The Kier molecular flexibility index (Phi) is 5.80. The topological polar surface area (TPSA) is 46.5 Å². The number of carbonyl (C=O) groups is 1. The fraction of sp³-hybridized carbons (Fsp3) is 0.667. The van der Waals surface area contributed by atoms with E-state index in [1.54, 1.807) is 0 Å². The van der Waals surface area contributed by atoms with Crippen molar-refractivity contribution in [1.82, 2.24) is 0 Å². The van der Waals surface area contributed by atoms with Gasteiger partial charge < -0.3 is 9.84 Å². The molecular formula is C21H30O3. The first-order chi connectivity index (χ1) is 11.7. The number of unbranched alkanes of at least 4 members (excludes halogenated alkanes) is 5. The molecule has 2 aliphatic carbocycles. The lowest BCUT2D eigenvalue weighted by Crippen LogP contribution is -2.25. The highest BCUT2D eigenvalue weighted by molar-refractivity contribution is 5.68. The fourth-order valence-corrected chi connectivity index (χ4v) is 4.80. The quantitative estimate of drug-likeness (QED) is 0.577. The molecule has 0 amide bonds. The summed E-state index contributed by atoms with van der Waals surface area (Å²) in [5.74, 6) is 2.02. The highest BCUT2D eigenvalue weighted by Crippen LogP contribution is 2.62. The van der Waals surface area contributed by atoms with Gasteiger partial charge in [-0.05, 0) is 48.6 Å². The van der Waals surface area contributed by atoms with Crippen molar-refractivity contribution in [3.05, 3.63) is 29.3 Å². The van der Waals surface area contributed by atoms with Crippen molar-refractivity contribution in [2.24, 2.45) is 5.92 Å². The monoisotopic (exact) mass is 330 g/mol. The lowest BCUT2D eigenvalue weighted by molar-refractivity contribution is -0.139. The van der Waals surface area contributed by atoms with Gasteiger partial charge in [-0.2, -0.15) is 0 Å². The van der Waals surface area contributed by atoms with E-state index in [1.807, 2.05) is 12.1 Å². The number of aliphatic carboxylic acids is 1. The van der Waals surface area contributed by atoms with Crippen LogP contribution in [0.4, 0.5) is 0 Å². The molecule has 3 rings (SSSR count). The summed E-state index contributed by atoms with van der Waals surface area (Å²) in [4.78, 5) is 10.8. The van der Waals surface area contributed by atoms with E-state index in [0.717, 1.165) is 11.7 Å². The van der Waals surface area contributed by atoms with Crippen LogP contribution in [0.2, 0.25) is 0 Å². The minimum Gasteiger partial charge on any atom is -0.482 e. The maximum Gasteiger partial charge on any atom is 0.341 e. The van der Waals surface area contributed by atoms with Crippen LogP contribution >= 0.6 is 0 Å². The molecule has 132 valence electrons. The summed E-state index contributed by atoms with van der Waals surface area (Å²) in [5.41, 5.74) is 2.73. The molecule has 0 radical (unpaired) electrons. The molecule has 0 saturated heterocycles. The average Bonchev–Trinajstić information content (AvgIpc) is 2.91. The number of hydrogen-bond donors (Lipinski definition) is 1. The van der Waals surface area contributed by atoms with E-state index in [0.29, 0.717) is 11.8 Å². The predicted octanol–water partition coefficient (Wildman–Crippen LogP) is 5.49. The second-order valence-electron chi connectivity index (χ2n) is 7.47. The van der Waals surface area contributed by atoms with Gasteiger partial charge in [0.25, 0.3) is 0 Å². The number of hydrogen-bond acceptors (Lipinski definition) is 2. The van der Waals surface area contributed by atoms with Crippen LogP contribution in [0.15, 0.2) is 18.2 Å². The summed E-state index contributed by atoms with van der Waals surface area (Å²) < 4.78 is 5.51. The summed E-state index contributed by atoms with van der Waals surface area (Å²) in [7, 11) is 0. The largest absolute Gasteiger partial charge is 0.482 e. The van der Waals surface area contributed by atoms with Gasteiger partial charge in [-0.15, -0.1) is 0 Å². The number of carboxylic acid groups (broad SMARTS) is 1. The van der Waals surface area contributed by atoms with Gasteiger partial charge >= 0.3 is 5.97 Å². The molecule has 1 aromatic carbocycles. The van der Waals surface area contributed by atoms with Gasteiger partial charge in [0, 0.05) is 5.56 Å². The molecule has 1 N–H and O–H groups in total. The van der Waals surface area contributed by atoms with Gasteiger partial charge in [-0.25, -0.2) is 4.79 Å². The lowest BCUT2D eigenvalue weighted by Gasteiger charge is -2.39. The Hall–Kier alpha value is -1.51.